The number of carbonyl (C=O) groups is 1. The minimum atomic E-state index is -0.404. The topological polar surface area (TPSA) is 120 Å². The minimum absolute atomic E-state index is 0.0342. The van der Waals surface area contributed by atoms with E-state index in [1.54, 1.807) is 24.3 Å². The molecule has 146 valence electrons. The number of carbonyl (C=O) groups excluding carboxylic acids is 1. The lowest BCUT2D eigenvalue weighted by molar-refractivity contribution is 0.102. The third-order valence-corrected chi connectivity index (χ3v) is 4.57. The van der Waals surface area contributed by atoms with Crippen LogP contribution >= 0.6 is 0 Å². The summed E-state index contributed by atoms with van der Waals surface area (Å²) in [7, 11) is 0. The van der Waals surface area contributed by atoms with E-state index in [-0.39, 0.29) is 11.9 Å². The molecule has 0 fully saturated rings. The maximum absolute atomic E-state index is 13.1. The van der Waals surface area contributed by atoms with Crippen molar-refractivity contribution in [1.82, 2.24) is 15.2 Å². The van der Waals surface area contributed by atoms with E-state index in [0.717, 1.165) is 5.56 Å². The Bertz CT molecular complexity index is 1360. The molecule has 3 N–H and O–H groups in total. The van der Waals surface area contributed by atoms with Crippen LogP contribution in [0.1, 0.15) is 10.4 Å². The molecule has 0 aliphatic rings. The van der Waals surface area contributed by atoms with E-state index in [9.17, 15) is 4.79 Å². The number of pyridine rings is 1. The summed E-state index contributed by atoms with van der Waals surface area (Å²) >= 11 is 0. The second-order valence-electron chi connectivity index (χ2n) is 6.50. The Hall–Kier alpha value is -4.46. The van der Waals surface area contributed by atoms with Crippen molar-refractivity contribution in [3.63, 3.8) is 0 Å². The fourth-order valence-corrected chi connectivity index (χ4v) is 3.17. The molecule has 5 rings (SSSR count). The molecule has 0 radical (unpaired) electrons. The van der Waals surface area contributed by atoms with E-state index < -0.39 is 5.91 Å². The van der Waals surface area contributed by atoms with Gasteiger partial charge in [0.25, 0.3) is 11.8 Å². The summed E-state index contributed by atoms with van der Waals surface area (Å²) in [6, 6.07) is 19.8. The van der Waals surface area contributed by atoms with Gasteiger partial charge in [0.1, 0.15) is 0 Å². The van der Waals surface area contributed by atoms with Crippen molar-refractivity contribution >= 4 is 28.5 Å². The highest BCUT2D eigenvalue weighted by Gasteiger charge is 2.18. The molecule has 3 aromatic heterocycles. The Morgan fingerprint density at radius 1 is 0.967 bits per heavy atom. The number of benzene rings is 2. The zero-order valence-electron chi connectivity index (χ0n) is 15.6. The predicted molar refractivity (Wildman–Crippen MR) is 112 cm³/mol. The molecule has 0 saturated carbocycles. The smallest absolute Gasteiger partial charge is 0.322 e. The number of anilines is 2. The van der Waals surface area contributed by atoms with Crippen LogP contribution in [0.4, 0.5) is 11.7 Å². The zero-order valence-corrected chi connectivity index (χ0v) is 15.6. The third-order valence-electron chi connectivity index (χ3n) is 4.57. The van der Waals surface area contributed by atoms with Gasteiger partial charge in [0.05, 0.1) is 23.0 Å². The Kier molecular flexibility index (Phi) is 4.21. The minimum Gasteiger partial charge on any atom is -0.459 e. The molecule has 0 unspecified atom stereocenters. The number of rotatable bonds is 4. The number of aromatic nitrogens is 3. The highest BCUT2D eigenvalue weighted by atomic mass is 16.4. The lowest BCUT2D eigenvalue weighted by atomic mass is 10.0. The molecule has 2 aromatic carbocycles. The van der Waals surface area contributed by atoms with Gasteiger partial charge in [-0.15, -0.1) is 5.10 Å². The van der Waals surface area contributed by atoms with Gasteiger partial charge in [-0.25, -0.2) is 4.98 Å². The first-order valence-electron chi connectivity index (χ1n) is 9.12. The molecule has 30 heavy (non-hydrogen) atoms. The van der Waals surface area contributed by atoms with Crippen molar-refractivity contribution in [3.05, 3.63) is 78.6 Å². The number of nitrogens with one attached hydrogen (secondary N) is 1. The number of nitrogens with zero attached hydrogens (tertiary/aromatic N) is 3. The SMILES string of the molecule is Nc1ccccc1-c1cc(C(=O)Nc2nnc(-c3ccco3)o2)c2ccccc2n1. The van der Waals surface area contributed by atoms with Crippen molar-refractivity contribution in [2.24, 2.45) is 0 Å². The van der Waals surface area contributed by atoms with Gasteiger partial charge in [0.2, 0.25) is 0 Å². The van der Waals surface area contributed by atoms with Gasteiger partial charge in [-0.3, -0.25) is 10.1 Å². The molecule has 0 spiro atoms. The van der Waals surface area contributed by atoms with Gasteiger partial charge in [-0.2, -0.15) is 0 Å². The summed E-state index contributed by atoms with van der Waals surface area (Å²) in [5.41, 5.74) is 9.12. The van der Waals surface area contributed by atoms with Gasteiger partial charge >= 0.3 is 6.01 Å². The largest absolute Gasteiger partial charge is 0.459 e. The Labute approximate surface area is 170 Å². The summed E-state index contributed by atoms with van der Waals surface area (Å²) < 4.78 is 10.7. The number of amides is 1. The van der Waals surface area contributed by atoms with Crippen LogP contribution in [0.5, 0.6) is 0 Å². The van der Waals surface area contributed by atoms with Crippen LogP contribution in [0.15, 0.2) is 81.8 Å². The van der Waals surface area contributed by atoms with Crippen LogP contribution in [0.3, 0.4) is 0 Å². The van der Waals surface area contributed by atoms with Gasteiger partial charge in [0, 0.05) is 16.6 Å². The number of para-hydroxylation sites is 2. The standard InChI is InChI=1S/C22H15N5O3/c23-16-8-3-1-7-14(16)18-12-15(13-6-2-4-9-17(13)24-18)20(28)25-22-27-26-21(30-22)19-10-5-11-29-19/h1-12H,23H2,(H,25,27,28). The summed E-state index contributed by atoms with van der Waals surface area (Å²) in [6.07, 6.45) is 1.50. The highest BCUT2D eigenvalue weighted by Crippen LogP contribution is 2.29. The van der Waals surface area contributed by atoms with E-state index in [0.29, 0.717) is 33.6 Å². The monoisotopic (exact) mass is 397 g/mol. The van der Waals surface area contributed by atoms with Crippen molar-refractivity contribution in [1.29, 1.82) is 0 Å². The molecule has 8 heteroatoms. The molecule has 0 aliphatic carbocycles. The average Bonchev–Trinajstić information content (AvgIpc) is 3.45. The quantitative estimate of drug-likeness (QED) is 0.432. The van der Waals surface area contributed by atoms with Crippen molar-refractivity contribution < 1.29 is 13.6 Å². The Balaban J connectivity index is 1.54. The van der Waals surface area contributed by atoms with Crippen LogP contribution in [-0.4, -0.2) is 21.1 Å². The fourth-order valence-electron chi connectivity index (χ4n) is 3.17. The molecular formula is C22H15N5O3. The first-order valence-corrected chi connectivity index (χ1v) is 9.12. The van der Waals surface area contributed by atoms with Gasteiger partial charge in [-0.1, -0.05) is 41.5 Å². The van der Waals surface area contributed by atoms with E-state index in [4.69, 9.17) is 14.6 Å². The van der Waals surface area contributed by atoms with Gasteiger partial charge in [-0.05, 0) is 30.3 Å². The molecular weight excluding hydrogens is 382 g/mol. The van der Waals surface area contributed by atoms with Crippen molar-refractivity contribution in [3.8, 4) is 22.9 Å². The molecule has 0 atom stereocenters. The van der Waals surface area contributed by atoms with Gasteiger partial charge in [0.15, 0.2) is 5.76 Å². The summed E-state index contributed by atoms with van der Waals surface area (Å²) in [5.74, 6) is 0.186. The lowest BCUT2D eigenvalue weighted by Crippen LogP contribution is -2.13. The number of hydrogen-bond acceptors (Lipinski definition) is 7. The van der Waals surface area contributed by atoms with Crippen molar-refractivity contribution in [2.75, 3.05) is 11.1 Å². The Morgan fingerprint density at radius 3 is 2.63 bits per heavy atom. The van der Waals surface area contributed by atoms with E-state index >= 15 is 0 Å². The number of furan rings is 1. The summed E-state index contributed by atoms with van der Waals surface area (Å²) in [4.78, 5) is 17.7. The first-order chi connectivity index (χ1) is 14.7. The van der Waals surface area contributed by atoms with Crippen LogP contribution in [0.25, 0.3) is 33.8 Å². The average molecular weight is 397 g/mol. The van der Waals surface area contributed by atoms with Crippen LogP contribution in [-0.2, 0) is 0 Å². The second kappa shape index (κ2) is 7.17. The van der Waals surface area contributed by atoms with Crippen LogP contribution in [0, 0.1) is 0 Å². The summed E-state index contributed by atoms with van der Waals surface area (Å²) in [6.45, 7) is 0. The Morgan fingerprint density at radius 2 is 1.80 bits per heavy atom. The number of fused-ring (bicyclic) bond motifs is 1. The van der Waals surface area contributed by atoms with Gasteiger partial charge < -0.3 is 14.6 Å². The number of hydrogen-bond donors (Lipinski definition) is 2. The number of nitrogen functional groups attached to an aromatic ring is 1. The molecule has 8 nitrogen and oxygen atoms in total. The van der Waals surface area contributed by atoms with E-state index in [2.05, 4.69) is 20.5 Å². The molecule has 1 amide bonds. The van der Waals surface area contributed by atoms with E-state index in [1.807, 2.05) is 42.5 Å². The molecule has 5 aromatic rings. The summed E-state index contributed by atoms with van der Waals surface area (Å²) in [5, 5.41) is 11.1. The number of nitrogens with two attached hydrogens (primary N) is 1. The van der Waals surface area contributed by atoms with E-state index in [1.165, 1.54) is 6.26 Å². The molecule has 0 aliphatic heterocycles. The van der Waals surface area contributed by atoms with Crippen LogP contribution < -0.4 is 11.1 Å². The maximum Gasteiger partial charge on any atom is 0.322 e. The molecule has 0 bridgehead atoms. The van der Waals surface area contributed by atoms with Crippen LogP contribution in [0.2, 0.25) is 0 Å². The normalized spacial score (nSPS) is 10.9. The third kappa shape index (κ3) is 3.16. The maximum atomic E-state index is 13.1. The van der Waals surface area contributed by atoms with Crippen molar-refractivity contribution in [2.45, 2.75) is 0 Å². The fraction of sp³-hybridized carbons (Fsp3) is 0. The lowest BCUT2D eigenvalue weighted by Gasteiger charge is -2.10. The zero-order chi connectivity index (χ0) is 20.5. The second-order valence-corrected chi connectivity index (χ2v) is 6.50. The highest BCUT2D eigenvalue weighted by molar-refractivity contribution is 6.12. The molecule has 0 saturated heterocycles. The predicted octanol–water partition coefficient (Wildman–Crippen LogP) is 4.38. The first kappa shape index (κ1) is 17.6. The molecule has 3 heterocycles.